The van der Waals surface area contributed by atoms with Crippen LogP contribution in [0.4, 0.5) is 0 Å². The Morgan fingerprint density at radius 2 is 1.75 bits per heavy atom. The lowest BCUT2D eigenvalue weighted by Gasteiger charge is -2.11. The molecule has 0 aliphatic rings. The molecule has 0 aromatic heterocycles. The summed E-state index contributed by atoms with van der Waals surface area (Å²) in [7, 11) is -3.59. The molecular formula is C18H22N2O3S. The number of rotatable bonds is 6. The normalized spacial score (nSPS) is 11.3. The third kappa shape index (κ3) is 4.21. The summed E-state index contributed by atoms with van der Waals surface area (Å²) in [4.78, 5) is 12.6. The monoisotopic (exact) mass is 346 g/mol. The third-order valence-electron chi connectivity index (χ3n) is 3.80. The summed E-state index contributed by atoms with van der Waals surface area (Å²) in [5.41, 5.74) is 3.22. The topological polar surface area (TPSA) is 75.3 Å². The summed E-state index contributed by atoms with van der Waals surface area (Å²) in [5, 5.41) is 2.85. The summed E-state index contributed by atoms with van der Waals surface area (Å²) >= 11 is 0. The molecule has 0 aliphatic heterocycles. The van der Waals surface area contributed by atoms with Crippen LogP contribution in [-0.4, -0.2) is 20.9 Å². The Kier molecular flexibility index (Phi) is 5.75. The highest BCUT2D eigenvalue weighted by atomic mass is 32.2. The van der Waals surface area contributed by atoms with Gasteiger partial charge in [-0.3, -0.25) is 4.79 Å². The fraction of sp³-hybridized carbons (Fsp3) is 0.278. The van der Waals surface area contributed by atoms with Crippen molar-refractivity contribution in [1.29, 1.82) is 0 Å². The molecule has 0 bridgehead atoms. The molecule has 6 heteroatoms. The smallest absolute Gasteiger partial charge is 0.251 e. The first-order valence-corrected chi connectivity index (χ1v) is 9.26. The van der Waals surface area contributed by atoms with Gasteiger partial charge in [0.25, 0.3) is 5.91 Å². The van der Waals surface area contributed by atoms with E-state index in [0.29, 0.717) is 18.7 Å². The Balaban J connectivity index is 2.22. The maximum Gasteiger partial charge on any atom is 0.251 e. The Hall–Kier alpha value is -2.18. The molecule has 0 spiro atoms. The van der Waals surface area contributed by atoms with Crippen LogP contribution in [-0.2, 0) is 16.6 Å². The lowest BCUT2D eigenvalue weighted by atomic mass is 10.1. The second-order valence-electron chi connectivity index (χ2n) is 5.59. The Bertz CT molecular complexity index is 845. The fourth-order valence-electron chi connectivity index (χ4n) is 2.37. The van der Waals surface area contributed by atoms with Gasteiger partial charge in [-0.25, -0.2) is 13.1 Å². The highest BCUT2D eigenvalue weighted by Crippen LogP contribution is 2.16. The summed E-state index contributed by atoms with van der Waals surface area (Å²) < 4.78 is 26.6. The van der Waals surface area contributed by atoms with E-state index in [4.69, 9.17) is 0 Å². The Labute approximate surface area is 143 Å². The number of sulfonamides is 1. The molecule has 24 heavy (non-hydrogen) atoms. The average molecular weight is 346 g/mol. The molecule has 2 rings (SSSR count). The second kappa shape index (κ2) is 7.59. The molecule has 5 nitrogen and oxygen atoms in total. The molecule has 0 unspecified atom stereocenters. The van der Waals surface area contributed by atoms with E-state index in [1.165, 1.54) is 12.1 Å². The van der Waals surface area contributed by atoms with Gasteiger partial charge in [0.05, 0.1) is 4.90 Å². The third-order valence-corrected chi connectivity index (χ3v) is 5.34. The van der Waals surface area contributed by atoms with Crippen LogP contribution in [0.25, 0.3) is 0 Å². The van der Waals surface area contributed by atoms with Gasteiger partial charge in [-0.1, -0.05) is 37.3 Å². The largest absolute Gasteiger partial charge is 0.348 e. The standard InChI is InChI=1S/C18H22N2O3S/c1-4-20-24(22,23)16-10-9-14(3)17(11-16)18(21)19-12-15-8-6-5-7-13(15)2/h5-11,20H,4,12H2,1-3H3,(H,19,21). The molecule has 0 aliphatic carbocycles. The van der Waals surface area contributed by atoms with Crippen LogP contribution >= 0.6 is 0 Å². The molecule has 128 valence electrons. The predicted octanol–water partition coefficient (Wildman–Crippen LogP) is 2.53. The quantitative estimate of drug-likeness (QED) is 0.844. The van der Waals surface area contributed by atoms with Crippen molar-refractivity contribution in [2.75, 3.05) is 6.54 Å². The van der Waals surface area contributed by atoms with Crippen LogP contribution in [0, 0.1) is 13.8 Å². The number of carbonyl (C=O) groups is 1. The molecule has 1 amide bonds. The fourth-order valence-corrected chi connectivity index (χ4v) is 3.43. The molecule has 2 aromatic rings. The maximum absolute atomic E-state index is 12.5. The summed E-state index contributed by atoms with van der Waals surface area (Å²) in [6, 6.07) is 12.4. The van der Waals surface area contributed by atoms with Crippen molar-refractivity contribution in [3.8, 4) is 0 Å². The van der Waals surface area contributed by atoms with Crippen molar-refractivity contribution >= 4 is 15.9 Å². The number of hydrogen-bond acceptors (Lipinski definition) is 3. The predicted molar refractivity (Wildman–Crippen MR) is 94.4 cm³/mol. The lowest BCUT2D eigenvalue weighted by Crippen LogP contribution is -2.26. The highest BCUT2D eigenvalue weighted by molar-refractivity contribution is 7.89. The number of carbonyl (C=O) groups excluding carboxylic acids is 1. The molecule has 0 fully saturated rings. The van der Waals surface area contributed by atoms with E-state index in [-0.39, 0.29) is 10.8 Å². The van der Waals surface area contributed by atoms with E-state index in [1.54, 1.807) is 19.9 Å². The lowest BCUT2D eigenvalue weighted by molar-refractivity contribution is 0.0950. The van der Waals surface area contributed by atoms with Crippen molar-refractivity contribution in [3.05, 3.63) is 64.7 Å². The zero-order valence-corrected chi connectivity index (χ0v) is 14.9. The van der Waals surface area contributed by atoms with Crippen LogP contribution in [0.5, 0.6) is 0 Å². The minimum atomic E-state index is -3.59. The molecule has 0 saturated heterocycles. The molecule has 2 N–H and O–H groups in total. The van der Waals surface area contributed by atoms with Gasteiger partial charge in [-0.2, -0.15) is 0 Å². The SMILES string of the molecule is CCNS(=O)(=O)c1ccc(C)c(C(=O)NCc2ccccc2C)c1. The van der Waals surface area contributed by atoms with Crippen molar-refractivity contribution in [1.82, 2.24) is 10.0 Å². The maximum atomic E-state index is 12.5. The average Bonchev–Trinajstić information content (AvgIpc) is 2.54. The molecule has 0 atom stereocenters. The van der Waals surface area contributed by atoms with Gasteiger partial charge in [0.2, 0.25) is 10.0 Å². The van der Waals surface area contributed by atoms with Crippen LogP contribution < -0.4 is 10.0 Å². The zero-order valence-electron chi connectivity index (χ0n) is 14.1. The summed E-state index contributed by atoms with van der Waals surface area (Å²) in [6.07, 6.45) is 0. The van der Waals surface area contributed by atoms with Crippen LogP contribution in [0.15, 0.2) is 47.4 Å². The van der Waals surface area contributed by atoms with E-state index < -0.39 is 10.0 Å². The minimum absolute atomic E-state index is 0.0935. The van der Waals surface area contributed by atoms with Crippen molar-refractivity contribution < 1.29 is 13.2 Å². The van der Waals surface area contributed by atoms with Crippen LogP contribution in [0.3, 0.4) is 0 Å². The molecule has 0 heterocycles. The number of hydrogen-bond donors (Lipinski definition) is 2. The summed E-state index contributed by atoms with van der Waals surface area (Å²) in [5.74, 6) is -0.288. The van der Waals surface area contributed by atoms with Crippen LogP contribution in [0.2, 0.25) is 0 Å². The first-order chi connectivity index (χ1) is 11.3. The van der Waals surface area contributed by atoms with Crippen molar-refractivity contribution in [2.24, 2.45) is 0 Å². The van der Waals surface area contributed by atoms with E-state index in [2.05, 4.69) is 10.0 Å². The van der Waals surface area contributed by atoms with E-state index >= 15 is 0 Å². The van der Waals surface area contributed by atoms with Gasteiger partial charge in [0, 0.05) is 18.7 Å². The molecular weight excluding hydrogens is 324 g/mol. The zero-order chi connectivity index (χ0) is 17.7. The van der Waals surface area contributed by atoms with Gasteiger partial charge in [0.1, 0.15) is 0 Å². The molecule has 0 radical (unpaired) electrons. The molecule has 2 aromatic carbocycles. The van der Waals surface area contributed by atoms with E-state index in [9.17, 15) is 13.2 Å². The number of amides is 1. The minimum Gasteiger partial charge on any atom is -0.348 e. The van der Waals surface area contributed by atoms with Crippen molar-refractivity contribution in [2.45, 2.75) is 32.2 Å². The Morgan fingerprint density at radius 1 is 1.04 bits per heavy atom. The number of benzene rings is 2. The van der Waals surface area contributed by atoms with Crippen LogP contribution in [0.1, 0.15) is 34.0 Å². The van der Waals surface area contributed by atoms with Gasteiger partial charge in [0.15, 0.2) is 0 Å². The van der Waals surface area contributed by atoms with Gasteiger partial charge < -0.3 is 5.32 Å². The Morgan fingerprint density at radius 3 is 2.42 bits per heavy atom. The van der Waals surface area contributed by atoms with Gasteiger partial charge in [-0.15, -0.1) is 0 Å². The van der Waals surface area contributed by atoms with Crippen molar-refractivity contribution in [3.63, 3.8) is 0 Å². The first kappa shape index (κ1) is 18.2. The number of aryl methyl sites for hydroxylation is 2. The van der Waals surface area contributed by atoms with E-state index in [1.807, 2.05) is 31.2 Å². The van der Waals surface area contributed by atoms with Gasteiger partial charge in [-0.05, 0) is 42.7 Å². The van der Waals surface area contributed by atoms with Gasteiger partial charge >= 0.3 is 0 Å². The molecule has 0 saturated carbocycles. The van der Waals surface area contributed by atoms with E-state index in [0.717, 1.165) is 16.7 Å². The summed E-state index contributed by atoms with van der Waals surface area (Å²) in [6.45, 7) is 6.17. The highest BCUT2D eigenvalue weighted by Gasteiger charge is 2.17. The first-order valence-electron chi connectivity index (χ1n) is 7.78. The second-order valence-corrected chi connectivity index (χ2v) is 7.35. The number of nitrogens with one attached hydrogen (secondary N) is 2.